The highest BCUT2D eigenvalue weighted by molar-refractivity contribution is 9.10. The molecule has 0 aromatic carbocycles. The highest BCUT2D eigenvalue weighted by Crippen LogP contribution is 2.20. The summed E-state index contributed by atoms with van der Waals surface area (Å²) in [5.74, 6) is 0.285. The van der Waals surface area contributed by atoms with Crippen LogP contribution in [0.5, 0.6) is 0 Å². The number of aromatic nitrogens is 1. The van der Waals surface area contributed by atoms with Gasteiger partial charge in [-0.3, -0.25) is 14.5 Å². The van der Waals surface area contributed by atoms with Crippen molar-refractivity contribution < 1.29 is 9.59 Å². The van der Waals surface area contributed by atoms with E-state index in [1.807, 2.05) is 0 Å². The molecule has 0 bridgehead atoms. The maximum Gasteiger partial charge on any atom is 0.236 e. The molecule has 0 radical (unpaired) electrons. The van der Waals surface area contributed by atoms with Gasteiger partial charge < -0.3 is 0 Å². The maximum absolute atomic E-state index is 11.3. The molecule has 0 N–H and O–H groups in total. The molecule has 5 heteroatoms. The minimum atomic E-state index is -0.180. The van der Waals surface area contributed by atoms with Gasteiger partial charge in [0.2, 0.25) is 5.91 Å². The van der Waals surface area contributed by atoms with E-state index < -0.39 is 0 Å². The molecule has 0 unspecified atom stereocenters. The second-order valence-corrected chi connectivity index (χ2v) is 3.94. The van der Waals surface area contributed by atoms with Crippen LogP contribution in [0.4, 0.5) is 5.82 Å². The molecule has 1 aromatic rings. The molecule has 2 rings (SSSR count). The molecule has 0 aliphatic carbocycles. The summed E-state index contributed by atoms with van der Waals surface area (Å²) in [6.45, 7) is 0.141. The van der Waals surface area contributed by atoms with E-state index in [-0.39, 0.29) is 24.7 Å². The molecule has 1 aliphatic heterocycles. The summed E-state index contributed by atoms with van der Waals surface area (Å²) in [6, 6.07) is 3.49. The van der Waals surface area contributed by atoms with E-state index in [9.17, 15) is 9.59 Å². The highest BCUT2D eigenvalue weighted by atomic mass is 79.9. The van der Waals surface area contributed by atoms with Crippen LogP contribution in [0.25, 0.3) is 0 Å². The van der Waals surface area contributed by atoms with Gasteiger partial charge in [0, 0.05) is 10.7 Å². The van der Waals surface area contributed by atoms with Crippen molar-refractivity contribution in [2.45, 2.75) is 6.42 Å². The number of nitrogens with zero attached hydrogens (tertiary/aromatic N) is 2. The quantitative estimate of drug-likeness (QED) is 0.707. The van der Waals surface area contributed by atoms with E-state index in [0.717, 1.165) is 4.47 Å². The lowest BCUT2D eigenvalue weighted by Gasteiger charge is -2.12. The number of anilines is 1. The molecule has 2 heterocycles. The topological polar surface area (TPSA) is 50.3 Å². The van der Waals surface area contributed by atoms with Crippen LogP contribution < -0.4 is 4.90 Å². The summed E-state index contributed by atoms with van der Waals surface area (Å²) >= 11 is 3.28. The number of pyridine rings is 1. The molecular weight excluding hydrogens is 248 g/mol. The van der Waals surface area contributed by atoms with Crippen molar-refractivity contribution in [3.8, 4) is 0 Å². The van der Waals surface area contributed by atoms with Gasteiger partial charge in [-0.05, 0) is 12.1 Å². The van der Waals surface area contributed by atoms with E-state index >= 15 is 0 Å². The largest absolute Gasteiger partial charge is 0.297 e. The number of ketones is 1. The van der Waals surface area contributed by atoms with Crippen LogP contribution in [0.1, 0.15) is 6.42 Å². The fraction of sp³-hybridized carbons (Fsp3) is 0.222. The third kappa shape index (κ3) is 1.68. The van der Waals surface area contributed by atoms with Gasteiger partial charge in [0.05, 0.1) is 13.0 Å². The zero-order valence-electron chi connectivity index (χ0n) is 7.24. The Labute approximate surface area is 89.1 Å². The van der Waals surface area contributed by atoms with Crippen molar-refractivity contribution >= 4 is 33.4 Å². The lowest BCUT2D eigenvalue weighted by molar-refractivity contribution is -0.121. The first kappa shape index (κ1) is 9.33. The second kappa shape index (κ2) is 3.49. The van der Waals surface area contributed by atoms with Gasteiger partial charge in [-0.15, -0.1) is 0 Å². The molecular formula is C9H7BrN2O2. The van der Waals surface area contributed by atoms with Crippen molar-refractivity contribution in [3.63, 3.8) is 0 Å². The van der Waals surface area contributed by atoms with Crippen LogP contribution in [0.2, 0.25) is 0 Å². The van der Waals surface area contributed by atoms with Crippen LogP contribution in [0.3, 0.4) is 0 Å². The van der Waals surface area contributed by atoms with Crippen molar-refractivity contribution in [1.82, 2.24) is 4.98 Å². The maximum atomic E-state index is 11.3. The predicted molar refractivity (Wildman–Crippen MR) is 53.9 cm³/mol. The van der Waals surface area contributed by atoms with E-state index in [0.29, 0.717) is 5.82 Å². The molecule has 0 saturated carbocycles. The first-order valence-corrected chi connectivity index (χ1v) is 4.90. The molecule has 72 valence electrons. The first-order valence-electron chi connectivity index (χ1n) is 4.10. The molecule has 1 saturated heterocycles. The van der Waals surface area contributed by atoms with Gasteiger partial charge in [-0.1, -0.05) is 15.9 Å². The minimum absolute atomic E-state index is 0.00576. The van der Waals surface area contributed by atoms with Gasteiger partial charge in [-0.25, -0.2) is 4.98 Å². The van der Waals surface area contributed by atoms with E-state index in [1.54, 1.807) is 18.3 Å². The summed E-state index contributed by atoms with van der Waals surface area (Å²) in [6.07, 6.45) is 1.59. The molecule has 0 spiro atoms. The number of hydrogen-bond donors (Lipinski definition) is 0. The Kier molecular flexibility index (Phi) is 2.33. The summed E-state index contributed by atoms with van der Waals surface area (Å²) in [4.78, 5) is 27.8. The zero-order chi connectivity index (χ0) is 10.1. The van der Waals surface area contributed by atoms with Gasteiger partial charge in [0.1, 0.15) is 5.82 Å². The minimum Gasteiger partial charge on any atom is -0.297 e. The molecule has 1 fully saturated rings. The van der Waals surface area contributed by atoms with Crippen LogP contribution in [-0.4, -0.2) is 23.2 Å². The Balaban J connectivity index is 2.31. The standard InChI is InChI=1S/C9H7BrN2O2/c10-6-1-2-11-8(3-6)12-5-7(13)4-9(12)14/h1-3H,4-5H2. The van der Waals surface area contributed by atoms with Crippen molar-refractivity contribution in [1.29, 1.82) is 0 Å². The number of carbonyl (C=O) groups is 2. The average Bonchev–Trinajstić information content (AvgIpc) is 2.45. The van der Waals surface area contributed by atoms with Crippen molar-refractivity contribution in [2.24, 2.45) is 0 Å². The summed E-state index contributed by atoms with van der Waals surface area (Å²) in [5.41, 5.74) is 0. The molecule has 1 amide bonds. The van der Waals surface area contributed by atoms with Gasteiger partial charge >= 0.3 is 0 Å². The first-order chi connectivity index (χ1) is 6.66. The van der Waals surface area contributed by atoms with Crippen molar-refractivity contribution in [3.05, 3.63) is 22.8 Å². The van der Waals surface area contributed by atoms with E-state index in [2.05, 4.69) is 20.9 Å². The van der Waals surface area contributed by atoms with Crippen LogP contribution in [0.15, 0.2) is 22.8 Å². The summed E-state index contributed by atoms with van der Waals surface area (Å²) in [5, 5.41) is 0. The summed E-state index contributed by atoms with van der Waals surface area (Å²) in [7, 11) is 0. The highest BCUT2D eigenvalue weighted by Gasteiger charge is 2.29. The monoisotopic (exact) mass is 254 g/mol. The SMILES string of the molecule is O=C1CC(=O)N(c2cc(Br)ccn2)C1. The number of carbonyl (C=O) groups excluding carboxylic acids is 2. The Hall–Kier alpha value is -1.23. The Bertz CT molecular complexity index is 406. The number of rotatable bonds is 1. The Morgan fingerprint density at radius 2 is 2.21 bits per heavy atom. The molecule has 4 nitrogen and oxygen atoms in total. The number of amides is 1. The molecule has 1 aliphatic rings. The van der Waals surface area contributed by atoms with E-state index in [1.165, 1.54) is 4.90 Å². The molecule has 14 heavy (non-hydrogen) atoms. The number of hydrogen-bond acceptors (Lipinski definition) is 3. The molecule has 1 aromatic heterocycles. The third-order valence-corrected chi connectivity index (χ3v) is 2.46. The van der Waals surface area contributed by atoms with Gasteiger partial charge in [-0.2, -0.15) is 0 Å². The summed E-state index contributed by atoms with van der Waals surface area (Å²) < 4.78 is 0.842. The van der Waals surface area contributed by atoms with Crippen LogP contribution in [-0.2, 0) is 9.59 Å². The lowest BCUT2D eigenvalue weighted by atomic mass is 10.3. The van der Waals surface area contributed by atoms with Crippen molar-refractivity contribution in [2.75, 3.05) is 11.4 Å². The molecule has 0 atom stereocenters. The third-order valence-electron chi connectivity index (χ3n) is 1.97. The zero-order valence-corrected chi connectivity index (χ0v) is 8.82. The predicted octanol–water partition coefficient (Wildman–Crippen LogP) is 1.15. The average molecular weight is 255 g/mol. The fourth-order valence-corrected chi connectivity index (χ4v) is 1.66. The van der Waals surface area contributed by atoms with E-state index in [4.69, 9.17) is 0 Å². The Morgan fingerprint density at radius 1 is 1.43 bits per heavy atom. The second-order valence-electron chi connectivity index (χ2n) is 3.03. The smallest absolute Gasteiger partial charge is 0.236 e. The van der Waals surface area contributed by atoms with Gasteiger partial charge in [0.15, 0.2) is 5.78 Å². The fourth-order valence-electron chi connectivity index (χ4n) is 1.33. The number of Topliss-reactive ketones (excluding diaryl/α,β-unsaturated/α-hetero) is 1. The van der Waals surface area contributed by atoms with Gasteiger partial charge in [0.25, 0.3) is 0 Å². The normalized spacial score (nSPS) is 16.5. The van der Waals surface area contributed by atoms with Crippen LogP contribution >= 0.6 is 15.9 Å². The number of halogens is 1. The Morgan fingerprint density at radius 3 is 2.79 bits per heavy atom. The van der Waals surface area contributed by atoms with Crippen LogP contribution in [0, 0.1) is 0 Å². The lowest BCUT2D eigenvalue weighted by Crippen LogP contribution is -2.25.